The highest BCUT2D eigenvalue weighted by molar-refractivity contribution is 7.59. The van der Waals surface area contributed by atoms with E-state index in [1.54, 1.807) is 7.11 Å². The third-order valence-electron chi connectivity index (χ3n) is 4.25. The highest BCUT2D eigenvalue weighted by Crippen LogP contribution is 2.66. The van der Waals surface area contributed by atoms with E-state index in [1.807, 2.05) is 38.1 Å². The Morgan fingerprint density at radius 1 is 1.04 bits per heavy atom. The summed E-state index contributed by atoms with van der Waals surface area (Å²) in [7, 11) is -3.34. The van der Waals surface area contributed by atoms with Gasteiger partial charge in [0, 0.05) is 5.54 Å². The predicted molar refractivity (Wildman–Crippen MR) is 107 cm³/mol. The zero-order valence-electron chi connectivity index (χ0n) is 16.0. The molecule has 1 aromatic rings. The van der Waals surface area contributed by atoms with Gasteiger partial charge in [-0.25, -0.2) is 0 Å². The van der Waals surface area contributed by atoms with Crippen LogP contribution in [-0.4, -0.2) is 28.4 Å². The first-order chi connectivity index (χ1) is 11.8. The average Bonchev–Trinajstić information content (AvgIpc) is 3.01. The molecule has 0 saturated heterocycles. The Balaban J connectivity index is 2.62. The number of benzene rings is 1. The van der Waals surface area contributed by atoms with Crippen molar-refractivity contribution in [2.45, 2.75) is 39.0 Å². The third kappa shape index (κ3) is 4.35. The Morgan fingerprint density at radius 2 is 1.60 bits per heavy atom. The zero-order valence-corrected chi connectivity index (χ0v) is 17.9. The largest absolute Gasteiger partial charge is 0.497 e. The van der Waals surface area contributed by atoms with Gasteiger partial charge in [-0.2, -0.15) is 0 Å². The molecule has 2 rings (SSSR count). The molecule has 0 spiro atoms. The van der Waals surface area contributed by atoms with Gasteiger partial charge in [-0.1, -0.05) is 43.9 Å². The molecule has 0 amide bonds. The molecule has 0 heterocycles. The summed E-state index contributed by atoms with van der Waals surface area (Å²) in [5.41, 5.74) is 2.10. The Morgan fingerprint density at radius 3 is 2.04 bits per heavy atom. The van der Waals surface area contributed by atoms with E-state index in [9.17, 15) is 4.57 Å². The molecule has 1 atom stereocenters. The second kappa shape index (κ2) is 8.04. The molecule has 138 valence electrons. The van der Waals surface area contributed by atoms with Gasteiger partial charge < -0.3 is 13.8 Å². The van der Waals surface area contributed by atoms with Crippen LogP contribution >= 0.6 is 7.60 Å². The fourth-order valence-corrected chi connectivity index (χ4v) is 8.33. The maximum atomic E-state index is 13.6. The van der Waals surface area contributed by atoms with Crippen molar-refractivity contribution >= 4 is 21.2 Å². The van der Waals surface area contributed by atoms with E-state index in [2.05, 4.69) is 31.8 Å². The van der Waals surface area contributed by atoms with Crippen LogP contribution in [0.5, 0.6) is 5.75 Å². The molecule has 1 aliphatic rings. The van der Waals surface area contributed by atoms with Crippen molar-refractivity contribution in [3.63, 3.8) is 0 Å². The molecule has 0 radical (unpaired) electrons. The Bertz CT molecular complexity index is 691. The van der Waals surface area contributed by atoms with Crippen LogP contribution in [0.4, 0.5) is 0 Å². The molecular weight excluding hydrogens is 351 g/mol. The lowest BCUT2D eigenvalue weighted by molar-refractivity contribution is 0.226. The van der Waals surface area contributed by atoms with E-state index < -0.39 is 15.7 Å². The highest BCUT2D eigenvalue weighted by atomic mass is 31.2. The standard InChI is InChI=1S/C19H29O4PSi/c1-7-22-24(20,23-8-2)19-17(13-14-18(19)25(4,5)6)15-9-11-16(21-3)12-10-15/h9-14,18H,7-8H2,1-6H3. The first kappa shape index (κ1) is 20.2. The van der Waals surface area contributed by atoms with Crippen molar-refractivity contribution < 1.29 is 18.3 Å². The van der Waals surface area contributed by atoms with Gasteiger partial charge in [-0.05, 0) is 37.1 Å². The number of ether oxygens (including phenoxy) is 1. The molecule has 1 aliphatic carbocycles. The van der Waals surface area contributed by atoms with Gasteiger partial charge in [-0.15, -0.1) is 0 Å². The quantitative estimate of drug-likeness (QED) is 0.413. The van der Waals surface area contributed by atoms with Crippen LogP contribution in [0.2, 0.25) is 25.2 Å². The van der Waals surface area contributed by atoms with Crippen LogP contribution in [0.15, 0.2) is 41.7 Å². The summed E-state index contributed by atoms with van der Waals surface area (Å²) in [6, 6.07) is 7.82. The highest BCUT2D eigenvalue weighted by Gasteiger charge is 2.44. The number of rotatable bonds is 8. The summed E-state index contributed by atoms with van der Waals surface area (Å²) >= 11 is 0. The summed E-state index contributed by atoms with van der Waals surface area (Å²) in [5, 5.41) is 0.820. The summed E-state index contributed by atoms with van der Waals surface area (Å²) in [4.78, 5) is 0. The third-order valence-corrected chi connectivity index (χ3v) is 9.15. The number of hydrogen-bond donors (Lipinski definition) is 0. The fraction of sp³-hybridized carbons (Fsp3) is 0.474. The summed E-state index contributed by atoms with van der Waals surface area (Å²) < 4.78 is 30.3. The number of allylic oxidation sites excluding steroid dienone is 4. The SMILES string of the molecule is CCOP(=O)(OCC)C1=C(c2ccc(OC)cc2)C=CC1[Si](C)(C)C. The summed E-state index contributed by atoms with van der Waals surface area (Å²) in [6.07, 6.45) is 4.25. The van der Waals surface area contributed by atoms with Crippen LogP contribution in [0.3, 0.4) is 0 Å². The molecule has 6 heteroatoms. The van der Waals surface area contributed by atoms with E-state index in [0.29, 0.717) is 13.2 Å². The van der Waals surface area contributed by atoms with Crippen molar-refractivity contribution in [3.8, 4) is 5.75 Å². The number of methoxy groups -OCH3 is 1. The molecule has 1 aromatic carbocycles. The maximum absolute atomic E-state index is 13.6. The van der Waals surface area contributed by atoms with Crippen LogP contribution in [0.1, 0.15) is 19.4 Å². The first-order valence-corrected chi connectivity index (χ1v) is 13.8. The van der Waals surface area contributed by atoms with Gasteiger partial charge in [0.05, 0.1) is 33.7 Å². The minimum atomic E-state index is -3.34. The van der Waals surface area contributed by atoms with Crippen molar-refractivity contribution in [2.75, 3.05) is 20.3 Å². The van der Waals surface area contributed by atoms with Crippen molar-refractivity contribution in [2.24, 2.45) is 0 Å². The normalized spacial score (nSPS) is 18.1. The topological polar surface area (TPSA) is 44.8 Å². The van der Waals surface area contributed by atoms with Crippen LogP contribution in [0, 0.1) is 0 Å². The van der Waals surface area contributed by atoms with Crippen molar-refractivity contribution in [1.29, 1.82) is 0 Å². The van der Waals surface area contributed by atoms with Gasteiger partial charge in [0.25, 0.3) is 0 Å². The Kier molecular flexibility index (Phi) is 6.49. The van der Waals surface area contributed by atoms with Crippen LogP contribution in [0.25, 0.3) is 5.57 Å². The predicted octanol–water partition coefficient (Wildman–Crippen LogP) is 5.95. The Hall–Kier alpha value is -1.13. The molecule has 25 heavy (non-hydrogen) atoms. The smallest absolute Gasteiger partial charge is 0.358 e. The van der Waals surface area contributed by atoms with Gasteiger partial charge in [0.1, 0.15) is 5.75 Å². The zero-order chi connectivity index (χ0) is 18.7. The number of hydrogen-bond acceptors (Lipinski definition) is 4. The molecule has 4 nitrogen and oxygen atoms in total. The van der Waals surface area contributed by atoms with Crippen LogP contribution in [-0.2, 0) is 13.6 Å². The second-order valence-electron chi connectivity index (χ2n) is 7.06. The van der Waals surface area contributed by atoms with Crippen molar-refractivity contribution in [1.82, 2.24) is 0 Å². The summed E-state index contributed by atoms with van der Waals surface area (Å²) in [5.74, 6) is 0.799. The minimum Gasteiger partial charge on any atom is -0.497 e. The monoisotopic (exact) mass is 380 g/mol. The van der Waals surface area contributed by atoms with E-state index in [0.717, 1.165) is 22.2 Å². The van der Waals surface area contributed by atoms with Gasteiger partial charge in [-0.3, -0.25) is 4.57 Å². The lowest BCUT2D eigenvalue weighted by Crippen LogP contribution is -2.28. The Labute approximate surface area is 152 Å². The van der Waals surface area contributed by atoms with Crippen LogP contribution < -0.4 is 4.74 Å². The van der Waals surface area contributed by atoms with E-state index in [4.69, 9.17) is 13.8 Å². The van der Waals surface area contributed by atoms with Gasteiger partial charge >= 0.3 is 7.60 Å². The molecule has 0 aliphatic heterocycles. The molecule has 0 bridgehead atoms. The molecule has 0 fully saturated rings. The van der Waals surface area contributed by atoms with Gasteiger partial charge in [0.15, 0.2) is 0 Å². The second-order valence-corrected chi connectivity index (χ2v) is 14.4. The van der Waals surface area contributed by atoms with E-state index >= 15 is 0 Å². The first-order valence-electron chi connectivity index (χ1n) is 8.73. The van der Waals surface area contributed by atoms with Gasteiger partial charge in [0.2, 0.25) is 0 Å². The molecule has 0 saturated carbocycles. The van der Waals surface area contributed by atoms with E-state index in [-0.39, 0.29) is 5.54 Å². The lowest BCUT2D eigenvalue weighted by Gasteiger charge is -2.31. The average molecular weight is 380 g/mol. The summed E-state index contributed by atoms with van der Waals surface area (Å²) in [6.45, 7) is 11.3. The molecular formula is C19H29O4PSi. The molecule has 0 aromatic heterocycles. The minimum absolute atomic E-state index is 0.133. The molecule has 1 unspecified atom stereocenters. The van der Waals surface area contributed by atoms with E-state index in [1.165, 1.54) is 0 Å². The fourth-order valence-electron chi connectivity index (χ4n) is 3.08. The maximum Gasteiger partial charge on any atom is 0.358 e. The molecule has 0 N–H and O–H groups in total. The van der Waals surface area contributed by atoms with Crippen molar-refractivity contribution in [3.05, 3.63) is 47.3 Å². The lowest BCUT2D eigenvalue weighted by atomic mass is 10.1.